The third-order valence-electron chi connectivity index (χ3n) is 14.4. The minimum atomic E-state index is -1.32. The van der Waals surface area contributed by atoms with E-state index in [4.69, 9.17) is 4.74 Å². The van der Waals surface area contributed by atoms with Crippen molar-refractivity contribution in [1.29, 1.82) is 0 Å². The van der Waals surface area contributed by atoms with Crippen LogP contribution in [0.5, 0.6) is 0 Å². The summed E-state index contributed by atoms with van der Waals surface area (Å²) in [5.74, 6) is -4.01. The monoisotopic (exact) mass is 659 g/mol. The van der Waals surface area contributed by atoms with Gasteiger partial charge in [0.05, 0.1) is 23.2 Å². The second-order valence-electron chi connectivity index (χ2n) is 18.2. The molecule has 0 radical (unpaired) electrons. The molecule has 10 nitrogen and oxygen atoms in total. The Balaban J connectivity index is 1.42. The van der Waals surface area contributed by atoms with E-state index in [-0.39, 0.29) is 41.4 Å². The molecule has 0 aromatic rings. The summed E-state index contributed by atoms with van der Waals surface area (Å²) in [6.45, 7) is 14.9. The van der Waals surface area contributed by atoms with Crippen molar-refractivity contribution < 1.29 is 44.0 Å². The lowest BCUT2D eigenvalue weighted by atomic mass is 9.39. The third kappa shape index (κ3) is 5.48. The first kappa shape index (κ1) is 35.7. The molecule has 0 aromatic heterocycles. The van der Waals surface area contributed by atoms with Crippen LogP contribution in [0.2, 0.25) is 0 Å². The van der Waals surface area contributed by atoms with Gasteiger partial charge in [-0.25, -0.2) is 4.79 Å². The van der Waals surface area contributed by atoms with Gasteiger partial charge in [0.2, 0.25) is 5.91 Å². The number of carbonyl (C=O) groups is 5. The van der Waals surface area contributed by atoms with Crippen LogP contribution in [0.25, 0.3) is 0 Å². The molecule has 5 fully saturated rings. The van der Waals surface area contributed by atoms with Gasteiger partial charge < -0.3 is 25.4 Å². The van der Waals surface area contributed by atoms with Gasteiger partial charge in [-0.05, 0) is 117 Å². The molecule has 0 saturated heterocycles. The number of carboxylic acid groups (broad SMARTS) is 3. The van der Waals surface area contributed by atoms with E-state index in [1.165, 1.54) is 13.8 Å². The van der Waals surface area contributed by atoms with E-state index < -0.39 is 63.6 Å². The van der Waals surface area contributed by atoms with E-state index in [9.17, 15) is 39.3 Å². The molecule has 47 heavy (non-hydrogen) atoms. The Bertz CT molecular complexity index is 1320. The molecular weight excluding hydrogens is 602 g/mol. The Labute approximate surface area is 279 Å². The number of esters is 1. The summed E-state index contributed by atoms with van der Waals surface area (Å²) >= 11 is 0. The van der Waals surface area contributed by atoms with Crippen LogP contribution in [0.15, 0.2) is 0 Å². The Morgan fingerprint density at radius 1 is 0.851 bits per heavy atom. The molecule has 10 heteroatoms. The fraction of sp³-hybridized carbons (Fsp3) is 0.865. The molecule has 5 saturated carbocycles. The second-order valence-corrected chi connectivity index (χ2v) is 18.2. The van der Waals surface area contributed by atoms with E-state index >= 15 is 0 Å². The van der Waals surface area contributed by atoms with Crippen LogP contribution < -0.4 is 5.32 Å². The second kappa shape index (κ2) is 11.7. The lowest BCUT2D eigenvalue weighted by Crippen LogP contribution is -2.62. The minimum absolute atomic E-state index is 0.0498. The van der Waals surface area contributed by atoms with Gasteiger partial charge in [0, 0.05) is 0 Å². The molecule has 5 rings (SSSR count). The average molecular weight is 660 g/mol. The summed E-state index contributed by atoms with van der Waals surface area (Å²) < 4.78 is 5.96. The largest absolute Gasteiger partial charge is 0.481 e. The van der Waals surface area contributed by atoms with Crippen molar-refractivity contribution in [2.45, 2.75) is 132 Å². The number of amides is 1. The summed E-state index contributed by atoms with van der Waals surface area (Å²) in [6.07, 6.45) is 6.57. The number of ether oxygens (including phenoxy) is 1. The van der Waals surface area contributed by atoms with Gasteiger partial charge in [0.15, 0.2) is 0 Å². The highest BCUT2D eigenvalue weighted by Gasteiger charge is 2.71. The van der Waals surface area contributed by atoms with Gasteiger partial charge in [-0.2, -0.15) is 0 Å². The standard InChI is InChI=1S/C37H57NO9/c1-19-21-13-16-35(7)22-14-17-37(31(44)38-28(30(42)43)33(2,3)4)15-9-10-23(37)20(22)11-12-24(35)36(21,8)26(29(40)41)27(19)47-25(39)18-34(5,6)32(45)46/h19-24,26-28H,9-18H2,1-8H3,(H,38,44)(H,40,41)(H,42,43)(H,45,46)/t19-,20?,21?,22?,23?,24?,26-,27?,28?,35?,36?,37?/m1/s1. The maximum absolute atomic E-state index is 14.1. The number of nitrogens with one attached hydrogen (secondary N) is 1. The van der Waals surface area contributed by atoms with Gasteiger partial charge >= 0.3 is 23.9 Å². The molecule has 1 amide bonds. The number of fused-ring (bicyclic) bond motifs is 7. The molecule has 4 N–H and O–H groups in total. The zero-order valence-electron chi connectivity index (χ0n) is 29.6. The highest BCUT2D eigenvalue weighted by atomic mass is 16.5. The van der Waals surface area contributed by atoms with Crippen molar-refractivity contribution in [2.75, 3.05) is 0 Å². The van der Waals surface area contributed by atoms with Crippen molar-refractivity contribution in [2.24, 2.45) is 68.5 Å². The smallest absolute Gasteiger partial charge is 0.326 e. The van der Waals surface area contributed by atoms with Gasteiger partial charge in [-0.1, -0.05) is 48.0 Å². The van der Waals surface area contributed by atoms with Crippen LogP contribution >= 0.6 is 0 Å². The summed E-state index contributed by atoms with van der Waals surface area (Å²) in [7, 11) is 0. The lowest BCUT2D eigenvalue weighted by Gasteiger charge is -2.65. The van der Waals surface area contributed by atoms with Gasteiger partial charge in [-0.15, -0.1) is 0 Å². The number of carbonyl (C=O) groups excluding carboxylic acids is 2. The number of rotatable bonds is 8. The maximum Gasteiger partial charge on any atom is 0.326 e. The van der Waals surface area contributed by atoms with Crippen molar-refractivity contribution in [3.05, 3.63) is 0 Å². The minimum Gasteiger partial charge on any atom is -0.481 e. The number of carboxylic acids is 3. The first-order valence-electron chi connectivity index (χ1n) is 17.8. The fourth-order valence-corrected chi connectivity index (χ4v) is 12.2. The van der Waals surface area contributed by atoms with Crippen molar-refractivity contribution in [1.82, 2.24) is 5.32 Å². The predicted octanol–water partition coefficient (Wildman–Crippen LogP) is 6.01. The van der Waals surface area contributed by atoms with Crippen LogP contribution in [0.4, 0.5) is 0 Å². The highest BCUT2D eigenvalue weighted by molar-refractivity contribution is 5.88. The van der Waals surface area contributed by atoms with Crippen LogP contribution in [0.1, 0.15) is 120 Å². The Hall–Kier alpha value is -2.65. The molecule has 12 atom stereocenters. The maximum atomic E-state index is 14.1. The number of aliphatic carboxylic acids is 3. The van der Waals surface area contributed by atoms with Crippen LogP contribution in [0, 0.1) is 68.5 Å². The number of hydrogen-bond donors (Lipinski definition) is 4. The fourth-order valence-electron chi connectivity index (χ4n) is 12.2. The zero-order chi connectivity index (χ0) is 35.1. The Morgan fingerprint density at radius 3 is 2.06 bits per heavy atom. The molecular formula is C37H57NO9. The van der Waals surface area contributed by atoms with Crippen molar-refractivity contribution >= 4 is 29.8 Å². The molecule has 0 aromatic carbocycles. The van der Waals surface area contributed by atoms with Gasteiger partial charge in [0.1, 0.15) is 12.1 Å². The lowest BCUT2D eigenvalue weighted by molar-refractivity contribution is -0.188. The molecule has 10 unspecified atom stereocenters. The zero-order valence-corrected chi connectivity index (χ0v) is 29.6. The van der Waals surface area contributed by atoms with Crippen molar-refractivity contribution in [3.8, 4) is 0 Å². The third-order valence-corrected chi connectivity index (χ3v) is 14.4. The molecule has 5 aliphatic carbocycles. The average Bonchev–Trinajstić information content (AvgIpc) is 3.48. The first-order valence-corrected chi connectivity index (χ1v) is 17.8. The molecule has 0 spiro atoms. The summed E-state index contributed by atoms with van der Waals surface area (Å²) in [5.41, 5.74) is -3.27. The van der Waals surface area contributed by atoms with E-state index in [0.29, 0.717) is 18.3 Å². The SMILES string of the molecule is C[C@H]1C(OC(=O)CC(C)(C)C(=O)O)[C@H](C(=O)O)C2(C)C1CCC1(C)C3CCC4(C(=O)NC(C(=O)O)C(C)(C)C)CCCC4C3CCC12. The first-order chi connectivity index (χ1) is 21.6. The molecule has 0 bridgehead atoms. The predicted molar refractivity (Wildman–Crippen MR) is 173 cm³/mol. The molecule has 264 valence electrons. The van der Waals surface area contributed by atoms with Crippen LogP contribution in [-0.4, -0.2) is 57.2 Å². The Kier molecular flexibility index (Phi) is 8.91. The molecule has 0 aliphatic heterocycles. The Morgan fingerprint density at radius 2 is 1.49 bits per heavy atom. The molecule has 5 aliphatic rings. The number of hydrogen-bond acceptors (Lipinski definition) is 6. The molecule has 0 heterocycles. The van der Waals surface area contributed by atoms with E-state index in [1.807, 2.05) is 27.7 Å². The van der Waals surface area contributed by atoms with E-state index in [1.54, 1.807) is 0 Å². The van der Waals surface area contributed by atoms with Gasteiger partial charge in [0.25, 0.3) is 0 Å². The summed E-state index contributed by atoms with van der Waals surface area (Å²) in [5, 5.41) is 33.2. The highest BCUT2D eigenvalue weighted by Crippen LogP contribution is 2.73. The van der Waals surface area contributed by atoms with Crippen LogP contribution in [-0.2, 0) is 28.7 Å². The normalized spacial score (nSPS) is 41.8. The quantitative estimate of drug-likeness (QED) is 0.228. The summed E-state index contributed by atoms with van der Waals surface area (Å²) in [6, 6.07) is -0.971. The van der Waals surface area contributed by atoms with Gasteiger partial charge in [-0.3, -0.25) is 19.2 Å². The topological polar surface area (TPSA) is 167 Å². The van der Waals surface area contributed by atoms with E-state index in [0.717, 1.165) is 51.4 Å². The van der Waals surface area contributed by atoms with Crippen LogP contribution in [0.3, 0.4) is 0 Å². The summed E-state index contributed by atoms with van der Waals surface area (Å²) in [4.78, 5) is 64.2. The van der Waals surface area contributed by atoms with Crippen molar-refractivity contribution in [3.63, 3.8) is 0 Å². The van der Waals surface area contributed by atoms with E-state index in [2.05, 4.69) is 19.2 Å².